The fraction of sp³-hybridized carbons (Fsp3) is 0.412. The van der Waals surface area contributed by atoms with E-state index in [0.29, 0.717) is 12.5 Å². The van der Waals surface area contributed by atoms with E-state index in [1.54, 1.807) is 6.92 Å². The highest BCUT2D eigenvalue weighted by Gasteiger charge is 2.11. The summed E-state index contributed by atoms with van der Waals surface area (Å²) in [5.41, 5.74) is 1.98. The normalized spacial score (nSPS) is 11.3. The van der Waals surface area contributed by atoms with Crippen LogP contribution in [0.15, 0.2) is 34.7 Å². The summed E-state index contributed by atoms with van der Waals surface area (Å²) >= 11 is 0. The maximum atomic E-state index is 10.6. The SMILES string of the molecule is CCOC(C)C(=O)OC.Cc1nc(-c2ccccc2)oc1C. The Labute approximate surface area is 131 Å². The molecule has 0 radical (unpaired) electrons. The minimum atomic E-state index is -0.431. The standard InChI is InChI=1S/C11H11NO.C6H12O3/c1-8-9(2)13-11(12-8)10-6-4-3-5-7-10;1-4-9-5(2)6(7)8-3/h3-7H,1-2H3;5H,4H2,1-3H3. The number of rotatable bonds is 4. The average Bonchev–Trinajstić information content (AvgIpc) is 2.87. The number of ether oxygens (including phenoxy) is 2. The predicted molar refractivity (Wildman–Crippen MR) is 84.5 cm³/mol. The number of aryl methyl sites for hydroxylation is 2. The van der Waals surface area contributed by atoms with Crippen LogP contribution in [0.4, 0.5) is 0 Å². The van der Waals surface area contributed by atoms with Gasteiger partial charge < -0.3 is 13.9 Å². The van der Waals surface area contributed by atoms with Gasteiger partial charge >= 0.3 is 5.97 Å². The van der Waals surface area contributed by atoms with Gasteiger partial charge in [0.15, 0.2) is 6.10 Å². The maximum Gasteiger partial charge on any atom is 0.334 e. The molecule has 0 aliphatic rings. The topological polar surface area (TPSA) is 61.6 Å². The van der Waals surface area contributed by atoms with Crippen LogP contribution >= 0.6 is 0 Å². The lowest BCUT2D eigenvalue weighted by molar-refractivity contribution is -0.152. The van der Waals surface area contributed by atoms with Crippen LogP contribution in [0.25, 0.3) is 11.5 Å². The summed E-state index contributed by atoms with van der Waals surface area (Å²) in [6, 6.07) is 9.91. The van der Waals surface area contributed by atoms with Gasteiger partial charge in [-0.1, -0.05) is 18.2 Å². The molecule has 2 aromatic rings. The number of nitrogens with zero attached hydrogens (tertiary/aromatic N) is 1. The highest BCUT2D eigenvalue weighted by Crippen LogP contribution is 2.20. The molecule has 2 rings (SSSR count). The summed E-state index contributed by atoms with van der Waals surface area (Å²) in [5, 5.41) is 0. The average molecular weight is 305 g/mol. The van der Waals surface area contributed by atoms with Crippen LogP contribution in [0.1, 0.15) is 25.3 Å². The third kappa shape index (κ3) is 5.33. The molecule has 1 atom stereocenters. The molecule has 5 heteroatoms. The Kier molecular flexibility index (Phi) is 7.32. The quantitative estimate of drug-likeness (QED) is 0.808. The highest BCUT2D eigenvalue weighted by atomic mass is 16.6. The molecule has 1 heterocycles. The highest BCUT2D eigenvalue weighted by molar-refractivity contribution is 5.73. The zero-order chi connectivity index (χ0) is 16.5. The van der Waals surface area contributed by atoms with Crippen molar-refractivity contribution < 1.29 is 18.7 Å². The van der Waals surface area contributed by atoms with Crippen molar-refractivity contribution in [2.24, 2.45) is 0 Å². The minimum Gasteiger partial charge on any atom is -0.467 e. The molecular formula is C17H23NO4. The van der Waals surface area contributed by atoms with Crippen molar-refractivity contribution in [2.75, 3.05) is 13.7 Å². The first-order valence-electron chi connectivity index (χ1n) is 7.18. The molecule has 0 bridgehead atoms. The summed E-state index contributed by atoms with van der Waals surface area (Å²) in [5.74, 6) is 1.27. The first-order valence-corrected chi connectivity index (χ1v) is 7.18. The van der Waals surface area contributed by atoms with Crippen molar-refractivity contribution in [2.45, 2.75) is 33.8 Å². The molecule has 120 valence electrons. The van der Waals surface area contributed by atoms with Gasteiger partial charge in [-0.25, -0.2) is 9.78 Å². The third-order valence-electron chi connectivity index (χ3n) is 3.00. The molecule has 0 N–H and O–H groups in total. The van der Waals surface area contributed by atoms with E-state index in [0.717, 1.165) is 17.0 Å². The number of methoxy groups -OCH3 is 1. The van der Waals surface area contributed by atoms with Crippen molar-refractivity contribution in [1.82, 2.24) is 4.98 Å². The zero-order valence-corrected chi connectivity index (χ0v) is 13.8. The second-order valence-electron chi connectivity index (χ2n) is 4.65. The number of carbonyl (C=O) groups excluding carboxylic acids is 1. The Balaban J connectivity index is 0.000000239. The Morgan fingerprint density at radius 3 is 2.36 bits per heavy atom. The minimum absolute atomic E-state index is 0.322. The van der Waals surface area contributed by atoms with Crippen LogP contribution in [0.2, 0.25) is 0 Å². The van der Waals surface area contributed by atoms with E-state index in [2.05, 4.69) is 9.72 Å². The van der Waals surface area contributed by atoms with Gasteiger partial charge in [0.05, 0.1) is 12.8 Å². The van der Waals surface area contributed by atoms with Gasteiger partial charge in [-0.3, -0.25) is 0 Å². The number of hydrogen-bond donors (Lipinski definition) is 0. The third-order valence-corrected chi connectivity index (χ3v) is 3.00. The molecule has 0 aliphatic carbocycles. The Morgan fingerprint density at radius 2 is 1.91 bits per heavy atom. The van der Waals surface area contributed by atoms with Crippen LogP contribution in [0.3, 0.4) is 0 Å². The number of aromatic nitrogens is 1. The van der Waals surface area contributed by atoms with Crippen molar-refractivity contribution in [3.63, 3.8) is 0 Å². The van der Waals surface area contributed by atoms with Gasteiger partial charge in [0.2, 0.25) is 5.89 Å². The lowest BCUT2D eigenvalue weighted by Crippen LogP contribution is -2.21. The molecule has 5 nitrogen and oxygen atoms in total. The fourth-order valence-electron chi connectivity index (χ4n) is 1.66. The van der Waals surface area contributed by atoms with E-state index in [9.17, 15) is 4.79 Å². The number of hydrogen-bond acceptors (Lipinski definition) is 5. The number of oxazole rings is 1. The van der Waals surface area contributed by atoms with E-state index in [1.807, 2.05) is 51.1 Å². The second kappa shape index (κ2) is 9.00. The lowest BCUT2D eigenvalue weighted by atomic mass is 10.2. The summed E-state index contributed by atoms with van der Waals surface area (Å²) in [6.07, 6.45) is -0.431. The summed E-state index contributed by atoms with van der Waals surface area (Å²) in [6.45, 7) is 7.91. The molecule has 1 unspecified atom stereocenters. The van der Waals surface area contributed by atoms with Crippen LogP contribution < -0.4 is 0 Å². The van der Waals surface area contributed by atoms with Gasteiger partial charge in [0.1, 0.15) is 5.76 Å². The maximum absolute atomic E-state index is 10.6. The van der Waals surface area contributed by atoms with Crippen LogP contribution in [0, 0.1) is 13.8 Å². The molecule has 0 amide bonds. The van der Waals surface area contributed by atoms with Gasteiger partial charge in [0, 0.05) is 12.2 Å². The van der Waals surface area contributed by atoms with Gasteiger partial charge in [-0.2, -0.15) is 0 Å². The van der Waals surface area contributed by atoms with E-state index in [-0.39, 0.29) is 5.97 Å². The van der Waals surface area contributed by atoms with Crippen LogP contribution in [-0.4, -0.2) is 30.8 Å². The second-order valence-corrected chi connectivity index (χ2v) is 4.65. The van der Waals surface area contributed by atoms with Crippen molar-refractivity contribution in [3.05, 3.63) is 41.8 Å². The molecule has 1 aromatic carbocycles. The van der Waals surface area contributed by atoms with E-state index in [4.69, 9.17) is 9.15 Å². The molecule has 0 saturated carbocycles. The molecular weight excluding hydrogens is 282 g/mol. The van der Waals surface area contributed by atoms with Gasteiger partial charge in [0.25, 0.3) is 0 Å². The number of esters is 1. The Bertz CT molecular complexity index is 558. The number of carbonyl (C=O) groups is 1. The fourth-order valence-corrected chi connectivity index (χ4v) is 1.66. The van der Waals surface area contributed by atoms with Crippen molar-refractivity contribution >= 4 is 5.97 Å². The largest absolute Gasteiger partial charge is 0.467 e. The Morgan fingerprint density at radius 1 is 1.27 bits per heavy atom. The Hall–Kier alpha value is -2.14. The molecule has 0 fully saturated rings. The molecule has 22 heavy (non-hydrogen) atoms. The van der Waals surface area contributed by atoms with Gasteiger partial charge in [-0.05, 0) is 39.8 Å². The zero-order valence-electron chi connectivity index (χ0n) is 13.8. The summed E-state index contributed by atoms with van der Waals surface area (Å²) < 4.78 is 14.8. The predicted octanol–water partition coefficient (Wildman–Crippen LogP) is 3.54. The summed E-state index contributed by atoms with van der Waals surface area (Å²) in [7, 11) is 1.35. The number of benzene rings is 1. The lowest BCUT2D eigenvalue weighted by Gasteiger charge is -2.07. The molecule has 0 saturated heterocycles. The van der Waals surface area contributed by atoms with Gasteiger partial charge in [-0.15, -0.1) is 0 Å². The first-order chi connectivity index (χ1) is 10.5. The smallest absolute Gasteiger partial charge is 0.334 e. The monoisotopic (exact) mass is 305 g/mol. The molecule has 1 aromatic heterocycles. The molecule has 0 spiro atoms. The van der Waals surface area contributed by atoms with E-state index < -0.39 is 6.10 Å². The van der Waals surface area contributed by atoms with E-state index in [1.165, 1.54) is 7.11 Å². The first kappa shape index (κ1) is 17.9. The molecule has 0 aliphatic heterocycles. The van der Waals surface area contributed by atoms with E-state index >= 15 is 0 Å². The van der Waals surface area contributed by atoms with Crippen molar-refractivity contribution in [3.8, 4) is 11.5 Å². The summed E-state index contributed by atoms with van der Waals surface area (Å²) in [4.78, 5) is 14.9. The van der Waals surface area contributed by atoms with Crippen molar-refractivity contribution in [1.29, 1.82) is 0 Å². The van der Waals surface area contributed by atoms with Crippen LogP contribution in [-0.2, 0) is 14.3 Å². The van der Waals surface area contributed by atoms with Crippen LogP contribution in [0.5, 0.6) is 0 Å².